The first-order valence-electron chi connectivity index (χ1n) is 10.8. The number of likely N-dealkylation sites (tertiary alicyclic amines) is 1. The molecule has 1 saturated heterocycles. The van der Waals surface area contributed by atoms with Gasteiger partial charge < -0.3 is 9.80 Å². The number of para-hydroxylation sites is 1. The molecule has 29 heavy (non-hydrogen) atoms. The number of benzene rings is 2. The fourth-order valence-electron chi connectivity index (χ4n) is 5.49. The van der Waals surface area contributed by atoms with Gasteiger partial charge in [-0.05, 0) is 49.3 Å². The van der Waals surface area contributed by atoms with Crippen molar-refractivity contribution in [2.45, 2.75) is 42.7 Å². The standard InChI is InChI=1S/C23H27N5S/c1-16(28-24-19-7-2-3-8-20(19)25-28)14-26-12-10-21-18(15-26)17-6-4-9-22-23(17)27(21)11-5-13-29-22/h2-4,6-9,16,18,21H,5,10-15H2,1H3/t16?,18-,21-/m0/s1. The Morgan fingerprint density at radius 2 is 1.90 bits per heavy atom. The Morgan fingerprint density at radius 1 is 1.07 bits per heavy atom. The molecule has 6 heteroatoms. The predicted octanol–water partition coefficient (Wildman–Crippen LogP) is 4.17. The molecule has 0 spiro atoms. The van der Waals surface area contributed by atoms with Crippen LogP contribution >= 0.6 is 11.8 Å². The zero-order chi connectivity index (χ0) is 19.4. The molecule has 3 aliphatic rings. The Balaban J connectivity index is 1.23. The van der Waals surface area contributed by atoms with Crippen LogP contribution in [0.5, 0.6) is 0 Å². The molecule has 0 amide bonds. The molecule has 3 atom stereocenters. The van der Waals surface area contributed by atoms with E-state index in [4.69, 9.17) is 10.2 Å². The molecule has 0 radical (unpaired) electrons. The molecular formula is C23H27N5S. The van der Waals surface area contributed by atoms with E-state index in [-0.39, 0.29) is 6.04 Å². The zero-order valence-electron chi connectivity index (χ0n) is 16.9. The highest BCUT2D eigenvalue weighted by atomic mass is 32.2. The molecule has 1 fully saturated rings. The van der Waals surface area contributed by atoms with Crippen molar-refractivity contribution in [3.63, 3.8) is 0 Å². The van der Waals surface area contributed by atoms with E-state index in [1.54, 1.807) is 11.3 Å². The molecule has 3 aromatic rings. The maximum absolute atomic E-state index is 4.70. The first-order valence-corrected chi connectivity index (χ1v) is 11.8. The fraction of sp³-hybridized carbons (Fsp3) is 0.478. The monoisotopic (exact) mass is 405 g/mol. The molecule has 0 aliphatic carbocycles. The lowest BCUT2D eigenvalue weighted by Crippen LogP contribution is -2.47. The minimum Gasteiger partial charge on any atom is -0.367 e. The van der Waals surface area contributed by atoms with Crippen molar-refractivity contribution in [1.82, 2.24) is 19.9 Å². The number of anilines is 1. The second-order valence-corrected chi connectivity index (χ2v) is 9.81. The number of hydrogen-bond acceptors (Lipinski definition) is 5. The quantitative estimate of drug-likeness (QED) is 0.654. The third kappa shape index (κ3) is 2.96. The van der Waals surface area contributed by atoms with Crippen molar-refractivity contribution in [1.29, 1.82) is 0 Å². The van der Waals surface area contributed by atoms with Crippen molar-refractivity contribution in [3.8, 4) is 0 Å². The molecule has 0 bridgehead atoms. The Kier molecular flexibility index (Phi) is 4.31. The van der Waals surface area contributed by atoms with Crippen molar-refractivity contribution >= 4 is 28.5 Å². The predicted molar refractivity (Wildman–Crippen MR) is 119 cm³/mol. The molecule has 2 aromatic carbocycles. The van der Waals surface area contributed by atoms with Crippen molar-refractivity contribution in [2.75, 3.05) is 36.8 Å². The van der Waals surface area contributed by atoms with E-state index in [1.165, 1.54) is 36.6 Å². The summed E-state index contributed by atoms with van der Waals surface area (Å²) >= 11 is 2.05. The summed E-state index contributed by atoms with van der Waals surface area (Å²) in [5.41, 5.74) is 5.11. The Labute approximate surface area is 176 Å². The van der Waals surface area contributed by atoms with Crippen LogP contribution in [0.3, 0.4) is 0 Å². The first kappa shape index (κ1) is 17.8. The second kappa shape index (κ2) is 7.03. The van der Waals surface area contributed by atoms with Gasteiger partial charge in [-0.25, -0.2) is 0 Å². The summed E-state index contributed by atoms with van der Waals surface area (Å²) in [6, 6.07) is 16.1. The minimum absolute atomic E-state index is 0.275. The van der Waals surface area contributed by atoms with E-state index in [0.29, 0.717) is 12.0 Å². The SMILES string of the molecule is CC(CN1CC[C@H]2[C@@H](C1)c1cccc3c1N2CCCS3)n1nc2ccccc2n1. The van der Waals surface area contributed by atoms with Gasteiger partial charge in [-0.3, -0.25) is 0 Å². The van der Waals surface area contributed by atoms with Crippen LogP contribution in [0.4, 0.5) is 5.69 Å². The fourth-order valence-corrected chi connectivity index (χ4v) is 6.53. The number of hydrogen-bond donors (Lipinski definition) is 0. The Hall–Kier alpha value is -2.05. The molecule has 0 N–H and O–H groups in total. The Morgan fingerprint density at radius 3 is 2.72 bits per heavy atom. The van der Waals surface area contributed by atoms with Crippen LogP contribution in [0.1, 0.15) is 37.3 Å². The lowest BCUT2D eigenvalue weighted by molar-refractivity contribution is 0.165. The lowest BCUT2D eigenvalue weighted by atomic mass is 9.89. The zero-order valence-corrected chi connectivity index (χ0v) is 17.7. The van der Waals surface area contributed by atoms with Crippen LogP contribution in [-0.2, 0) is 0 Å². The van der Waals surface area contributed by atoms with E-state index in [2.05, 4.69) is 34.9 Å². The van der Waals surface area contributed by atoms with Crippen LogP contribution < -0.4 is 4.90 Å². The molecule has 0 saturated carbocycles. The molecule has 6 rings (SSSR count). The van der Waals surface area contributed by atoms with Gasteiger partial charge in [0.15, 0.2) is 0 Å². The summed E-state index contributed by atoms with van der Waals surface area (Å²) in [5.74, 6) is 1.88. The average molecular weight is 406 g/mol. The summed E-state index contributed by atoms with van der Waals surface area (Å²) in [6.07, 6.45) is 2.55. The van der Waals surface area contributed by atoms with Crippen molar-refractivity contribution < 1.29 is 0 Å². The normalized spacial score (nSPS) is 24.9. The van der Waals surface area contributed by atoms with Crippen LogP contribution in [0, 0.1) is 0 Å². The summed E-state index contributed by atoms with van der Waals surface area (Å²) in [7, 11) is 0. The second-order valence-electron chi connectivity index (χ2n) is 8.67. The van der Waals surface area contributed by atoms with Gasteiger partial charge >= 0.3 is 0 Å². The van der Waals surface area contributed by atoms with Crippen LogP contribution in [0.15, 0.2) is 47.4 Å². The molecule has 5 nitrogen and oxygen atoms in total. The topological polar surface area (TPSA) is 37.2 Å². The van der Waals surface area contributed by atoms with E-state index >= 15 is 0 Å². The van der Waals surface area contributed by atoms with E-state index < -0.39 is 0 Å². The number of rotatable bonds is 3. The third-order valence-electron chi connectivity index (χ3n) is 6.80. The van der Waals surface area contributed by atoms with Crippen molar-refractivity contribution in [2.24, 2.45) is 0 Å². The van der Waals surface area contributed by atoms with E-state index in [1.807, 2.05) is 40.8 Å². The van der Waals surface area contributed by atoms with Gasteiger partial charge in [0.05, 0.1) is 11.7 Å². The average Bonchev–Trinajstić information content (AvgIpc) is 3.23. The third-order valence-corrected chi connectivity index (χ3v) is 7.93. The number of nitrogens with zero attached hydrogens (tertiary/aromatic N) is 5. The largest absolute Gasteiger partial charge is 0.367 e. The molecule has 3 aliphatic heterocycles. The summed E-state index contributed by atoms with van der Waals surface area (Å²) in [6.45, 7) is 6.78. The number of fused-ring (bicyclic) bond motifs is 4. The molecule has 150 valence electrons. The summed E-state index contributed by atoms with van der Waals surface area (Å²) < 4.78 is 0. The number of thioether (sulfide) groups is 1. The van der Waals surface area contributed by atoms with E-state index in [0.717, 1.165) is 24.1 Å². The molecule has 1 unspecified atom stereocenters. The van der Waals surface area contributed by atoms with Crippen LogP contribution in [-0.4, -0.2) is 57.9 Å². The highest BCUT2D eigenvalue weighted by molar-refractivity contribution is 7.99. The van der Waals surface area contributed by atoms with Gasteiger partial charge in [0.2, 0.25) is 0 Å². The van der Waals surface area contributed by atoms with Gasteiger partial charge in [-0.2, -0.15) is 15.0 Å². The van der Waals surface area contributed by atoms with Gasteiger partial charge in [0.25, 0.3) is 0 Å². The first-order chi connectivity index (χ1) is 14.3. The maximum atomic E-state index is 4.70. The van der Waals surface area contributed by atoms with Gasteiger partial charge in [0.1, 0.15) is 11.0 Å². The number of piperidine rings is 1. The number of aromatic nitrogens is 3. The maximum Gasteiger partial charge on any atom is 0.113 e. The minimum atomic E-state index is 0.275. The van der Waals surface area contributed by atoms with E-state index in [9.17, 15) is 0 Å². The smallest absolute Gasteiger partial charge is 0.113 e. The van der Waals surface area contributed by atoms with Gasteiger partial charge in [0, 0.05) is 43.0 Å². The van der Waals surface area contributed by atoms with Crippen LogP contribution in [0.25, 0.3) is 11.0 Å². The molecular weight excluding hydrogens is 378 g/mol. The Bertz CT molecular complexity index is 1010. The molecule has 1 aromatic heterocycles. The van der Waals surface area contributed by atoms with Gasteiger partial charge in [-0.15, -0.1) is 11.8 Å². The highest BCUT2D eigenvalue weighted by Gasteiger charge is 2.43. The van der Waals surface area contributed by atoms with Crippen LogP contribution in [0.2, 0.25) is 0 Å². The lowest BCUT2D eigenvalue weighted by Gasteiger charge is -2.39. The summed E-state index contributed by atoms with van der Waals surface area (Å²) in [5, 5.41) is 9.41. The molecule has 4 heterocycles. The van der Waals surface area contributed by atoms with Gasteiger partial charge in [-0.1, -0.05) is 24.3 Å². The highest BCUT2D eigenvalue weighted by Crippen LogP contribution is 2.50. The summed E-state index contributed by atoms with van der Waals surface area (Å²) in [4.78, 5) is 8.80. The van der Waals surface area contributed by atoms with Crippen molar-refractivity contribution in [3.05, 3.63) is 48.0 Å².